The molecule has 3 aromatic rings. The zero-order valence-electron chi connectivity index (χ0n) is 20.2. The van der Waals surface area contributed by atoms with Crippen LogP contribution in [0, 0.1) is 0 Å². The molecule has 0 spiro atoms. The second-order valence-corrected chi connectivity index (χ2v) is 7.98. The van der Waals surface area contributed by atoms with E-state index in [0.717, 1.165) is 6.07 Å². The molecule has 0 atom stereocenters. The lowest BCUT2D eigenvalue weighted by Crippen LogP contribution is -2.33. The number of aromatic nitrogens is 1. The van der Waals surface area contributed by atoms with Gasteiger partial charge in [-0.2, -0.15) is 13.2 Å². The van der Waals surface area contributed by atoms with Crippen molar-refractivity contribution in [3.05, 3.63) is 71.0 Å². The van der Waals surface area contributed by atoms with Crippen molar-refractivity contribution in [2.75, 3.05) is 38.0 Å². The lowest BCUT2D eigenvalue weighted by atomic mass is 10.1. The third kappa shape index (κ3) is 7.88. The number of rotatable bonds is 10. The molecular formula is C24H24ClF3N6O4. The van der Waals surface area contributed by atoms with E-state index in [2.05, 4.69) is 31.8 Å². The number of amides is 3. The topological polar surface area (TPSA) is 126 Å². The predicted molar refractivity (Wildman–Crippen MR) is 136 cm³/mol. The molecule has 0 saturated carbocycles. The Kier molecular flexibility index (Phi) is 9.57. The Balaban J connectivity index is 1.68. The molecule has 5 N–H and O–H groups in total. The maximum atomic E-state index is 13.3. The van der Waals surface area contributed by atoms with Crippen LogP contribution in [0.3, 0.4) is 0 Å². The van der Waals surface area contributed by atoms with Crippen LogP contribution in [0.5, 0.6) is 17.2 Å². The number of pyridine rings is 1. The largest absolute Gasteiger partial charge is 0.490 e. The van der Waals surface area contributed by atoms with Gasteiger partial charge in [0.1, 0.15) is 29.5 Å². The second kappa shape index (κ2) is 12.8. The summed E-state index contributed by atoms with van der Waals surface area (Å²) in [5.41, 5.74) is 4.20. The number of nitrogens with zero attached hydrogens (tertiary/aromatic N) is 1. The molecule has 0 fully saturated rings. The van der Waals surface area contributed by atoms with Gasteiger partial charge in [-0.1, -0.05) is 17.7 Å². The Morgan fingerprint density at radius 2 is 1.82 bits per heavy atom. The molecule has 0 aliphatic heterocycles. The SMILES string of the molecule is CNCCOc1cc(Cl)c(C(F)(F)F)cc1NC(=O)NNc1cccc(Oc2ccnc(C(=O)NC)c2)c1. The maximum absolute atomic E-state index is 13.3. The Labute approximate surface area is 220 Å². The van der Waals surface area contributed by atoms with Crippen LogP contribution in [0.1, 0.15) is 16.1 Å². The van der Waals surface area contributed by atoms with Crippen molar-refractivity contribution in [2.45, 2.75) is 6.18 Å². The number of alkyl halides is 3. The summed E-state index contributed by atoms with van der Waals surface area (Å²) in [4.78, 5) is 28.2. The van der Waals surface area contributed by atoms with E-state index in [4.69, 9.17) is 21.1 Å². The smallest absolute Gasteiger partial charge is 0.417 e. The molecule has 1 heterocycles. The number of nitrogens with one attached hydrogen (secondary N) is 5. The van der Waals surface area contributed by atoms with Gasteiger partial charge < -0.3 is 25.4 Å². The Hall–Kier alpha value is -4.23. The summed E-state index contributed by atoms with van der Waals surface area (Å²) in [5, 5.41) is 7.08. The van der Waals surface area contributed by atoms with Gasteiger partial charge in [0, 0.05) is 38.0 Å². The van der Waals surface area contributed by atoms with Crippen molar-refractivity contribution in [3.63, 3.8) is 0 Å². The first-order valence-electron chi connectivity index (χ1n) is 11.1. The van der Waals surface area contributed by atoms with Crippen LogP contribution in [-0.2, 0) is 6.18 Å². The van der Waals surface area contributed by atoms with Gasteiger partial charge in [0.15, 0.2) is 0 Å². The van der Waals surface area contributed by atoms with E-state index in [1.54, 1.807) is 37.4 Å². The molecule has 202 valence electrons. The van der Waals surface area contributed by atoms with Crippen molar-refractivity contribution in [1.29, 1.82) is 0 Å². The predicted octanol–water partition coefficient (Wildman–Crippen LogP) is 4.65. The molecule has 2 aromatic carbocycles. The van der Waals surface area contributed by atoms with Gasteiger partial charge >= 0.3 is 12.2 Å². The molecule has 3 amide bonds. The summed E-state index contributed by atoms with van der Waals surface area (Å²) < 4.78 is 51.2. The number of urea groups is 1. The summed E-state index contributed by atoms with van der Waals surface area (Å²) in [5.74, 6) is 0.325. The van der Waals surface area contributed by atoms with Crippen molar-refractivity contribution in [1.82, 2.24) is 21.0 Å². The number of carbonyl (C=O) groups excluding carboxylic acids is 2. The lowest BCUT2D eigenvalue weighted by molar-refractivity contribution is -0.137. The van der Waals surface area contributed by atoms with E-state index in [1.165, 1.54) is 19.3 Å². The number of hydrazine groups is 1. The van der Waals surface area contributed by atoms with Crippen LogP contribution in [0.25, 0.3) is 0 Å². The van der Waals surface area contributed by atoms with E-state index in [9.17, 15) is 22.8 Å². The number of ether oxygens (including phenoxy) is 2. The quantitative estimate of drug-likeness (QED) is 0.183. The van der Waals surface area contributed by atoms with Gasteiger partial charge in [-0.15, -0.1) is 0 Å². The van der Waals surface area contributed by atoms with Crippen LogP contribution in [0.15, 0.2) is 54.7 Å². The fourth-order valence-electron chi connectivity index (χ4n) is 3.04. The molecule has 0 aliphatic carbocycles. The van der Waals surface area contributed by atoms with Crippen molar-refractivity contribution >= 4 is 34.9 Å². The minimum absolute atomic E-state index is 0.0303. The molecule has 10 nitrogen and oxygen atoms in total. The minimum Gasteiger partial charge on any atom is -0.490 e. The fourth-order valence-corrected chi connectivity index (χ4v) is 3.30. The molecule has 0 unspecified atom stereocenters. The normalized spacial score (nSPS) is 10.9. The van der Waals surface area contributed by atoms with E-state index < -0.39 is 22.8 Å². The first-order chi connectivity index (χ1) is 18.1. The average molecular weight is 553 g/mol. The number of likely N-dealkylation sites (N-methyl/N-ethyl adjacent to an activating group) is 1. The third-order valence-electron chi connectivity index (χ3n) is 4.81. The first kappa shape index (κ1) is 28.3. The minimum atomic E-state index is -4.73. The molecule has 0 bridgehead atoms. The number of halogens is 4. The first-order valence-corrected chi connectivity index (χ1v) is 11.5. The highest BCUT2D eigenvalue weighted by molar-refractivity contribution is 6.31. The van der Waals surface area contributed by atoms with E-state index in [-0.39, 0.29) is 29.6 Å². The van der Waals surface area contributed by atoms with Crippen LogP contribution in [-0.4, -0.2) is 44.2 Å². The van der Waals surface area contributed by atoms with Crippen molar-refractivity contribution in [2.24, 2.45) is 0 Å². The van der Waals surface area contributed by atoms with Crippen LogP contribution >= 0.6 is 11.6 Å². The van der Waals surface area contributed by atoms with Gasteiger partial charge in [-0.05, 0) is 31.3 Å². The van der Waals surface area contributed by atoms with Crippen LogP contribution in [0.2, 0.25) is 5.02 Å². The third-order valence-corrected chi connectivity index (χ3v) is 5.13. The fraction of sp³-hybridized carbons (Fsp3) is 0.208. The summed E-state index contributed by atoms with van der Waals surface area (Å²) in [6, 6.07) is 10.3. The van der Waals surface area contributed by atoms with Gasteiger partial charge in [0.25, 0.3) is 5.91 Å². The standard InChI is InChI=1S/C24H24ClF3N6O4/c1-29-8-9-37-21-13-18(25)17(24(26,27)28)12-19(21)32-23(36)34-33-14-4-3-5-15(10-14)38-16-6-7-31-20(11-16)22(35)30-2/h3-7,10-13,29,33H,8-9H2,1-2H3,(H,30,35)(H2,32,34,36). The Morgan fingerprint density at radius 3 is 2.53 bits per heavy atom. The average Bonchev–Trinajstić information content (AvgIpc) is 2.88. The van der Waals surface area contributed by atoms with Gasteiger partial charge in [0.2, 0.25) is 0 Å². The zero-order chi connectivity index (χ0) is 27.7. The van der Waals surface area contributed by atoms with E-state index >= 15 is 0 Å². The number of anilines is 2. The Morgan fingerprint density at radius 1 is 1.05 bits per heavy atom. The molecule has 0 aliphatic rings. The van der Waals surface area contributed by atoms with E-state index in [1.807, 2.05) is 0 Å². The molecular weight excluding hydrogens is 529 g/mol. The number of benzene rings is 2. The highest BCUT2D eigenvalue weighted by Gasteiger charge is 2.34. The number of carbonyl (C=O) groups is 2. The summed E-state index contributed by atoms with van der Waals surface area (Å²) in [6.07, 6.45) is -3.31. The highest BCUT2D eigenvalue weighted by Crippen LogP contribution is 2.40. The highest BCUT2D eigenvalue weighted by atomic mass is 35.5. The monoisotopic (exact) mass is 552 g/mol. The molecule has 1 aromatic heterocycles. The van der Waals surface area contributed by atoms with E-state index in [0.29, 0.717) is 29.8 Å². The molecule has 0 radical (unpaired) electrons. The molecule has 38 heavy (non-hydrogen) atoms. The second-order valence-electron chi connectivity index (χ2n) is 7.57. The number of hydrogen-bond acceptors (Lipinski definition) is 7. The van der Waals surface area contributed by atoms with Gasteiger partial charge in [-0.3, -0.25) is 20.6 Å². The number of hydrogen-bond donors (Lipinski definition) is 5. The summed E-state index contributed by atoms with van der Waals surface area (Å²) in [6.45, 7) is 0.540. The molecule has 14 heteroatoms. The van der Waals surface area contributed by atoms with Crippen molar-refractivity contribution < 1.29 is 32.2 Å². The maximum Gasteiger partial charge on any atom is 0.417 e. The molecule has 3 rings (SSSR count). The molecule has 0 saturated heterocycles. The summed E-state index contributed by atoms with van der Waals surface area (Å²) >= 11 is 5.79. The van der Waals surface area contributed by atoms with Gasteiger partial charge in [-0.25, -0.2) is 4.79 Å². The van der Waals surface area contributed by atoms with Crippen LogP contribution in [0.4, 0.5) is 29.3 Å². The van der Waals surface area contributed by atoms with Crippen molar-refractivity contribution in [3.8, 4) is 17.2 Å². The summed E-state index contributed by atoms with van der Waals surface area (Å²) in [7, 11) is 3.16. The zero-order valence-corrected chi connectivity index (χ0v) is 21.0. The van der Waals surface area contributed by atoms with Gasteiger partial charge in [0.05, 0.1) is 22.0 Å². The lowest BCUT2D eigenvalue weighted by Gasteiger charge is -2.17. The van der Waals surface area contributed by atoms with Crippen LogP contribution < -0.4 is 36.3 Å². The Bertz CT molecular complexity index is 1290.